The molecule has 0 unspecified atom stereocenters. The number of carbonyl (C=O) groups is 1. The minimum absolute atomic E-state index is 0.0438. The van der Waals surface area contributed by atoms with Gasteiger partial charge in [-0.1, -0.05) is 53.7 Å². The van der Waals surface area contributed by atoms with E-state index in [0.717, 1.165) is 20.5 Å². The molecule has 26 heavy (non-hydrogen) atoms. The van der Waals surface area contributed by atoms with E-state index in [1.54, 1.807) is 11.3 Å². The highest BCUT2D eigenvalue weighted by molar-refractivity contribution is 9.10. The van der Waals surface area contributed by atoms with Crippen LogP contribution in [0.3, 0.4) is 0 Å². The summed E-state index contributed by atoms with van der Waals surface area (Å²) in [6, 6.07) is 8.45. The highest BCUT2D eigenvalue weighted by Gasteiger charge is 2.12. The van der Waals surface area contributed by atoms with E-state index in [1.165, 1.54) is 38.5 Å². The smallest absolute Gasteiger partial charge is 0.226 e. The third-order valence-corrected chi connectivity index (χ3v) is 6.39. The molecule has 3 rings (SSSR count). The highest BCUT2D eigenvalue weighted by Crippen LogP contribution is 2.19. The van der Waals surface area contributed by atoms with Crippen LogP contribution in [0.1, 0.15) is 49.8 Å². The third-order valence-electron chi connectivity index (χ3n) is 4.88. The molecule has 0 radical (unpaired) electrons. The van der Waals surface area contributed by atoms with Gasteiger partial charge in [0.15, 0.2) is 4.80 Å². The molecule has 2 aromatic rings. The van der Waals surface area contributed by atoms with Crippen molar-refractivity contribution in [2.24, 2.45) is 12.0 Å². The van der Waals surface area contributed by atoms with Gasteiger partial charge in [-0.2, -0.15) is 0 Å². The Kier molecular flexibility index (Phi) is 7.08. The van der Waals surface area contributed by atoms with Crippen molar-refractivity contribution in [1.29, 1.82) is 0 Å². The fraction of sp³-hybridized carbons (Fsp3) is 0.500. The van der Waals surface area contributed by atoms with Crippen LogP contribution in [0.15, 0.2) is 39.1 Å². The molecule has 1 fully saturated rings. The van der Waals surface area contributed by atoms with Gasteiger partial charge in [-0.3, -0.25) is 9.79 Å². The molecule has 0 atom stereocenters. The van der Waals surface area contributed by atoms with Crippen LogP contribution in [0.2, 0.25) is 0 Å². The van der Waals surface area contributed by atoms with E-state index in [-0.39, 0.29) is 5.91 Å². The number of benzene rings is 1. The molecule has 6 heteroatoms. The summed E-state index contributed by atoms with van der Waals surface area (Å²) in [6.07, 6.45) is 8.04. The zero-order valence-corrected chi connectivity index (χ0v) is 17.6. The van der Waals surface area contributed by atoms with Crippen molar-refractivity contribution >= 4 is 33.2 Å². The molecule has 1 aromatic heterocycles. The van der Waals surface area contributed by atoms with Crippen molar-refractivity contribution in [2.75, 3.05) is 0 Å². The third kappa shape index (κ3) is 5.55. The Hall–Kier alpha value is -1.40. The van der Waals surface area contributed by atoms with Gasteiger partial charge in [0.2, 0.25) is 5.91 Å². The summed E-state index contributed by atoms with van der Waals surface area (Å²) in [5, 5.41) is 5.06. The quantitative estimate of drug-likeness (QED) is 0.697. The molecular weight excluding hydrogens is 410 g/mol. The Morgan fingerprint density at radius 1 is 1.23 bits per heavy atom. The maximum absolute atomic E-state index is 12.3. The van der Waals surface area contributed by atoms with Crippen molar-refractivity contribution in [2.45, 2.75) is 57.5 Å². The molecule has 0 spiro atoms. The van der Waals surface area contributed by atoms with Crippen LogP contribution in [-0.4, -0.2) is 16.5 Å². The standard InChI is InChI=1S/C20H26BrN3OS/c1-24-18(12-19(25)22-13-15-8-10-16(21)11-9-15)14-26-20(24)23-17-6-4-2-3-5-7-17/h8-11,14,17H,2-7,12-13H2,1H3,(H,22,25). The number of nitrogens with one attached hydrogen (secondary N) is 1. The van der Waals surface area contributed by atoms with E-state index in [2.05, 4.69) is 31.2 Å². The Morgan fingerprint density at radius 2 is 1.92 bits per heavy atom. The largest absolute Gasteiger partial charge is 0.352 e. The summed E-state index contributed by atoms with van der Waals surface area (Å²) in [4.78, 5) is 18.3. The molecule has 0 saturated heterocycles. The molecular formula is C20H26BrN3OS. The number of hydrogen-bond donors (Lipinski definition) is 1. The van der Waals surface area contributed by atoms with E-state index in [9.17, 15) is 4.79 Å². The fourth-order valence-corrected chi connectivity index (χ4v) is 4.48. The molecule has 1 aliphatic carbocycles. The number of carbonyl (C=O) groups excluding carboxylic acids is 1. The van der Waals surface area contributed by atoms with Crippen LogP contribution in [0.25, 0.3) is 0 Å². The maximum atomic E-state index is 12.3. The molecule has 1 heterocycles. The first-order valence-corrected chi connectivity index (χ1v) is 11.0. The van der Waals surface area contributed by atoms with Gasteiger partial charge in [0, 0.05) is 29.1 Å². The van der Waals surface area contributed by atoms with E-state index >= 15 is 0 Å². The molecule has 140 valence electrons. The molecule has 1 aromatic carbocycles. The van der Waals surface area contributed by atoms with Crippen LogP contribution in [-0.2, 0) is 24.8 Å². The average molecular weight is 436 g/mol. The van der Waals surface area contributed by atoms with Crippen molar-refractivity contribution in [3.8, 4) is 0 Å². The van der Waals surface area contributed by atoms with Crippen LogP contribution >= 0.6 is 27.3 Å². The lowest BCUT2D eigenvalue weighted by molar-refractivity contribution is -0.120. The van der Waals surface area contributed by atoms with Gasteiger partial charge in [0.1, 0.15) is 0 Å². The Balaban J connectivity index is 1.58. The van der Waals surface area contributed by atoms with E-state index in [0.29, 0.717) is 19.0 Å². The molecule has 1 aliphatic rings. The van der Waals surface area contributed by atoms with Gasteiger partial charge < -0.3 is 9.88 Å². The highest BCUT2D eigenvalue weighted by atomic mass is 79.9. The normalized spacial score (nSPS) is 16.5. The Bertz CT molecular complexity index is 786. The van der Waals surface area contributed by atoms with Gasteiger partial charge in [0.25, 0.3) is 0 Å². The van der Waals surface area contributed by atoms with E-state index < -0.39 is 0 Å². The van der Waals surface area contributed by atoms with E-state index in [4.69, 9.17) is 4.99 Å². The van der Waals surface area contributed by atoms with Crippen LogP contribution in [0.4, 0.5) is 0 Å². The second kappa shape index (κ2) is 9.51. The van der Waals surface area contributed by atoms with E-state index in [1.807, 2.05) is 31.3 Å². The van der Waals surface area contributed by atoms with Gasteiger partial charge >= 0.3 is 0 Å². The molecule has 4 nitrogen and oxygen atoms in total. The second-order valence-electron chi connectivity index (χ2n) is 6.92. The number of thiazole rings is 1. The van der Waals surface area contributed by atoms with Crippen LogP contribution in [0.5, 0.6) is 0 Å². The first-order chi connectivity index (χ1) is 12.6. The Labute approximate surface area is 167 Å². The zero-order chi connectivity index (χ0) is 18.4. The first kappa shape index (κ1) is 19.4. The predicted molar refractivity (Wildman–Crippen MR) is 110 cm³/mol. The summed E-state index contributed by atoms with van der Waals surface area (Å²) in [5.41, 5.74) is 2.12. The molecule has 0 bridgehead atoms. The van der Waals surface area contributed by atoms with Crippen LogP contribution in [0, 0.1) is 0 Å². The minimum atomic E-state index is 0.0438. The lowest BCUT2D eigenvalue weighted by Gasteiger charge is -2.08. The first-order valence-electron chi connectivity index (χ1n) is 9.30. The monoisotopic (exact) mass is 435 g/mol. The number of hydrogen-bond acceptors (Lipinski definition) is 3. The fourth-order valence-electron chi connectivity index (χ4n) is 3.25. The van der Waals surface area contributed by atoms with Crippen molar-refractivity contribution in [1.82, 2.24) is 9.88 Å². The average Bonchev–Trinajstić information content (AvgIpc) is 2.84. The Morgan fingerprint density at radius 3 is 2.62 bits per heavy atom. The predicted octanol–water partition coefficient (Wildman–Crippen LogP) is 4.33. The number of amides is 1. The zero-order valence-electron chi connectivity index (χ0n) is 15.2. The SMILES string of the molecule is Cn1c(CC(=O)NCc2ccc(Br)cc2)csc1=NC1CCCCCC1. The number of halogens is 1. The summed E-state index contributed by atoms with van der Waals surface area (Å²) < 4.78 is 3.12. The molecule has 1 N–H and O–H groups in total. The summed E-state index contributed by atoms with van der Waals surface area (Å²) >= 11 is 5.07. The second-order valence-corrected chi connectivity index (χ2v) is 8.68. The van der Waals surface area contributed by atoms with Crippen LogP contribution < -0.4 is 10.1 Å². The van der Waals surface area contributed by atoms with Crippen molar-refractivity contribution in [3.05, 3.63) is 50.2 Å². The van der Waals surface area contributed by atoms with Gasteiger partial charge in [-0.25, -0.2) is 0 Å². The summed E-state index contributed by atoms with van der Waals surface area (Å²) in [5.74, 6) is 0.0438. The van der Waals surface area contributed by atoms with Gasteiger partial charge in [0.05, 0.1) is 12.5 Å². The number of aromatic nitrogens is 1. The lowest BCUT2D eigenvalue weighted by Crippen LogP contribution is -2.26. The number of rotatable bonds is 5. The van der Waals surface area contributed by atoms with Crippen molar-refractivity contribution in [3.63, 3.8) is 0 Å². The van der Waals surface area contributed by atoms with Gasteiger partial charge in [-0.15, -0.1) is 11.3 Å². The molecule has 0 aliphatic heterocycles. The summed E-state index contributed by atoms with van der Waals surface area (Å²) in [7, 11) is 2.02. The maximum Gasteiger partial charge on any atom is 0.226 e. The summed E-state index contributed by atoms with van der Waals surface area (Å²) in [6.45, 7) is 0.555. The molecule has 1 saturated carbocycles. The van der Waals surface area contributed by atoms with Gasteiger partial charge in [-0.05, 0) is 30.5 Å². The lowest BCUT2D eigenvalue weighted by atomic mass is 10.1. The minimum Gasteiger partial charge on any atom is -0.352 e. The number of nitrogens with zero attached hydrogens (tertiary/aromatic N) is 2. The topological polar surface area (TPSA) is 46.4 Å². The van der Waals surface area contributed by atoms with Crippen molar-refractivity contribution < 1.29 is 4.79 Å². The molecule has 1 amide bonds.